The van der Waals surface area contributed by atoms with Crippen molar-refractivity contribution < 1.29 is 9.53 Å². The molecule has 4 heteroatoms. The number of carbonyl (C=O) groups excluding carboxylic acids is 1. The molecule has 0 unspecified atom stereocenters. The zero-order chi connectivity index (χ0) is 15.8. The molecule has 1 amide bonds. The Morgan fingerprint density at radius 3 is 2.23 bits per heavy atom. The number of amides is 1. The summed E-state index contributed by atoms with van der Waals surface area (Å²) in [6.45, 7) is 9.99. The molecular formula is C18H32N2O2. The van der Waals surface area contributed by atoms with Crippen LogP contribution in [0.15, 0.2) is 0 Å². The number of rotatable bonds is 1. The molecule has 0 aromatic carbocycles. The van der Waals surface area contributed by atoms with E-state index in [4.69, 9.17) is 4.74 Å². The van der Waals surface area contributed by atoms with Gasteiger partial charge < -0.3 is 15.0 Å². The van der Waals surface area contributed by atoms with Crippen molar-refractivity contribution in [3.05, 3.63) is 0 Å². The summed E-state index contributed by atoms with van der Waals surface area (Å²) in [7, 11) is 0. The number of carbonyl (C=O) groups is 1. The van der Waals surface area contributed by atoms with Crippen molar-refractivity contribution in [2.75, 3.05) is 26.2 Å². The third-order valence-corrected chi connectivity index (χ3v) is 5.92. The topological polar surface area (TPSA) is 41.6 Å². The first kappa shape index (κ1) is 16.1. The summed E-state index contributed by atoms with van der Waals surface area (Å²) in [6, 6.07) is 0. The van der Waals surface area contributed by atoms with Crippen molar-refractivity contribution in [3.63, 3.8) is 0 Å². The molecule has 126 valence electrons. The SMILES string of the molecule is CC(C)(C)OC(=O)N1CCC2(CC1)CC(C1CCNCC1)C2. The van der Waals surface area contributed by atoms with Crippen molar-refractivity contribution in [2.24, 2.45) is 17.3 Å². The lowest BCUT2D eigenvalue weighted by atomic mass is 9.53. The molecule has 22 heavy (non-hydrogen) atoms. The van der Waals surface area contributed by atoms with Crippen molar-refractivity contribution >= 4 is 6.09 Å². The monoisotopic (exact) mass is 308 g/mol. The molecule has 2 aliphatic heterocycles. The molecule has 1 saturated carbocycles. The van der Waals surface area contributed by atoms with Crippen molar-refractivity contribution in [1.29, 1.82) is 0 Å². The Hall–Kier alpha value is -0.770. The highest BCUT2D eigenvalue weighted by atomic mass is 16.6. The number of hydrogen-bond donors (Lipinski definition) is 1. The van der Waals surface area contributed by atoms with Gasteiger partial charge in [0, 0.05) is 13.1 Å². The lowest BCUT2D eigenvalue weighted by Crippen LogP contribution is -2.51. The van der Waals surface area contributed by atoms with Crippen LogP contribution in [0.5, 0.6) is 0 Å². The summed E-state index contributed by atoms with van der Waals surface area (Å²) in [5.41, 5.74) is 0.164. The molecule has 1 aliphatic carbocycles. The van der Waals surface area contributed by atoms with Crippen LogP contribution >= 0.6 is 0 Å². The summed E-state index contributed by atoms with van der Waals surface area (Å²) in [4.78, 5) is 14.1. The van der Waals surface area contributed by atoms with E-state index in [0.717, 1.165) is 24.9 Å². The lowest BCUT2D eigenvalue weighted by molar-refractivity contribution is -0.0477. The Morgan fingerprint density at radius 1 is 1.09 bits per heavy atom. The van der Waals surface area contributed by atoms with Crippen LogP contribution in [-0.2, 0) is 4.74 Å². The van der Waals surface area contributed by atoms with Gasteiger partial charge in [-0.15, -0.1) is 0 Å². The molecular weight excluding hydrogens is 276 g/mol. The molecule has 2 saturated heterocycles. The number of ether oxygens (including phenoxy) is 1. The van der Waals surface area contributed by atoms with E-state index >= 15 is 0 Å². The standard InChI is InChI=1S/C18H32N2O2/c1-17(2,3)22-16(21)20-10-6-18(7-11-20)12-15(13-18)14-4-8-19-9-5-14/h14-15,19H,4-13H2,1-3H3. The van der Waals surface area contributed by atoms with Gasteiger partial charge in [0.15, 0.2) is 0 Å². The van der Waals surface area contributed by atoms with Crippen molar-refractivity contribution in [2.45, 2.75) is 64.9 Å². The maximum Gasteiger partial charge on any atom is 0.410 e. The van der Waals surface area contributed by atoms with Gasteiger partial charge in [-0.25, -0.2) is 4.79 Å². The Balaban J connectivity index is 1.44. The summed E-state index contributed by atoms with van der Waals surface area (Å²) >= 11 is 0. The lowest BCUT2D eigenvalue weighted by Gasteiger charge is -2.55. The third kappa shape index (κ3) is 3.58. The van der Waals surface area contributed by atoms with Crippen LogP contribution in [-0.4, -0.2) is 42.8 Å². The van der Waals surface area contributed by atoms with Gasteiger partial charge in [-0.1, -0.05) is 0 Å². The van der Waals surface area contributed by atoms with E-state index in [1.54, 1.807) is 0 Å². The van der Waals surface area contributed by atoms with E-state index in [2.05, 4.69) is 5.32 Å². The first-order valence-corrected chi connectivity index (χ1v) is 9.06. The Morgan fingerprint density at radius 2 is 1.68 bits per heavy atom. The van der Waals surface area contributed by atoms with Gasteiger partial charge in [-0.3, -0.25) is 0 Å². The second kappa shape index (κ2) is 6.03. The van der Waals surface area contributed by atoms with Crippen LogP contribution in [0.4, 0.5) is 4.79 Å². The predicted octanol–water partition coefficient (Wildman–Crippen LogP) is 3.41. The van der Waals surface area contributed by atoms with Crippen molar-refractivity contribution in [3.8, 4) is 0 Å². The van der Waals surface area contributed by atoms with Crippen molar-refractivity contribution in [1.82, 2.24) is 10.2 Å². The van der Waals surface area contributed by atoms with Gasteiger partial charge in [0.1, 0.15) is 5.60 Å². The molecule has 2 heterocycles. The quantitative estimate of drug-likeness (QED) is 0.807. The maximum atomic E-state index is 12.1. The van der Waals surface area contributed by atoms with Gasteiger partial charge in [-0.2, -0.15) is 0 Å². The van der Waals surface area contributed by atoms with Gasteiger partial charge >= 0.3 is 6.09 Å². The van der Waals surface area contributed by atoms with Gasteiger partial charge in [0.2, 0.25) is 0 Å². The van der Waals surface area contributed by atoms with Gasteiger partial charge in [-0.05, 0) is 89.6 Å². The second-order valence-corrected chi connectivity index (χ2v) is 8.72. The minimum Gasteiger partial charge on any atom is -0.444 e. The molecule has 3 rings (SSSR count). The van der Waals surface area contributed by atoms with Gasteiger partial charge in [0.05, 0.1) is 0 Å². The number of hydrogen-bond acceptors (Lipinski definition) is 3. The largest absolute Gasteiger partial charge is 0.444 e. The highest BCUT2D eigenvalue weighted by Gasteiger charge is 2.48. The first-order chi connectivity index (χ1) is 10.4. The van der Waals surface area contributed by atoms with E-state index in [9.17, 15) is 4.79 Å². The Bertz CT molecular complexity index is 394. The van der Waals surface area contributed by atoms with E-state index in [1.807, 2.05) is 25.7 Å². The Labute approximate surface area is 135 Å². The van der Waals surface area contributed by atoms with Crippen LogP contribution < -0.4 is 5.32 Å². The number of likely N-dealkylation sites (tertiary alicyclic amines) is 1. The molecule has 4 nitrogen and oxygen atoms in total. The van der Waals surface area contributed by atoms with Crippen LogP contribution in [0.1, 0.15) is 59.3 Å². The summed E-state index contributed by atoms with van der Waals surface area (Å²) in [5.74, 6) is 1.91. The number of nitrogens with one attached hydrogen (secondary N) is 1. The summed E-state index contributed by atoms with van der Waals surface area (Å²) < 4.78 is 5.49. The molecule has 3 aliphatic rings. The average molecular weight is 308 g/mol. The number of piperidine rings is 2. The molecule has 1 N–H and O–H groups in total. The van der Waals surface area contributed by atoms with Crippen LogP contribution in [0.25, 0.3) is 0 Å². The second-order valence-electron chi connectivity index (χ2n) is 8.72. The highest BCUT2D eigenvalue weighted by molar-refractivity contribution is 5.68. The van der Waals surface area contributed by atoms with Crippen LogP contribution in [0, 0.1) is 17.3 Å². The van der Waals surface area contributed by atoms with Crippen LogP contribution in [0.2, 0.25) is 0 Å². The van der Waals surface area contributed by atoms with Gasteiger partial charge in [0.25, 0.3) is 0 Å². The fraction of sp³-hybridized carbons (Fsp3) is 0.944. The fourth-order valence-electron chi connectivity index (χ4n) is 4.60. The maximum absolute atomic E-state index is 12.1. The minimum absolute atomic E-state index is 0.128. The van der Waals surface area contributed by atoms with Crippen LogP contribution in [0.3, 0.4) is 0 Å². The minimum atomic E-state index is -0.386. The smallest absolute Gasteiger partial charge is 0.410 e. The molecule has 1 spiro atoms. The normalized spacial score (nSPS) is 26.8. The fourth-order valence-corrected chi connectivity index (χ4v) is 4.60. The van der Waals surface area contributed by atoms with E-state index in [-0.39, 0.29) is 11.7 Å². The molecule has 0 aromatic heterocycles. The molecule has 3 fully saturated rings. The zero-order valence-electron chi connectivity index (χ0n) is 14.5. The summed E-state index contributed by atoms with van der Waals surface area (Å²) in [5, 5.41) is 3.47. The van der Waals surface area contributed by atoms with E-state index in [0.29, 0.717) is 5.41 Å². The average Bonchev–Trinajstić information content (AvgIpc) is 2.44. The third-order valence-electron chi connectivity index (χ3n) is 5.92. The highest BCUT2D eigenvalue weighted by Crippen LogP contribution is 2.56. The predicted molar refractivity (Wildman–Crippen MR) is 87.8 cm³/mol. The van der Waals surface area contributed by atoms with E-state index < -0.39 is 0 Å². The van der Waals surface area contributed by atoms with E-state index in [1.165, 1.54) is 51.6 Å². The number of nitrogens with zero attached hydrogens (tertiary/aromatic N) is 1. The molecule has 0 bridgehead atoms. The Kier molecular flexibility index (Phi) is 4.41. The zero-order valence-corrected chi connectivity index (χ0v) is 14.5. The first-order valence-electron chi connectivity index (χ1n) is 9.06. The summed E-state index contributed by atoms with van der Waals surface area (Å²) in [6.07, 6.45) is 7.76. The molecule has 0 aromatic rings. The molecule has 0 atom stereocenters. The molecule has 0 radical (unpaired) electrons.